The third-order valence-corrected chi connectivity index (χ3v) is 3.22. The van der Waals surface area contributed by atoms with Crippen LogP contribution in [0.15, 0.2) is 24.3 Å². The van der Waals surface area contributed by atoms with Gasteiger partial charge in [-0.1, -0.05) is 38.1 Å². The highest BCUT2D eigenvalue weighted by molar-refractivity contribution is 5.80. The van der Waals surface area contributed by atoms with Gasteiger partial charge >= 0.3 is 0 Å². The zero-order chi connectivity index (χ0) is 14.4. The smallest absolute Gasteiger partial charge is 0.253 e. The first-order valence-corrected chi connectivity index (χ1v) is 6.56. The SMILES string of the molecule is COC(CN)C(=O)N(C)Cc1ccc(C(C)C)cc1. The Balaban J connectivity index is 2.66. The Kier molecular flexibility index (Phi) is 5.99. The molecule has 0 spiro atoms. The van der Waals surface area contributed by atoms with Gasteiger partial charge in [0.25, 0.3) is 5.91 Å². The lowest BCUT2D eigenvalue weighted by Crippen LogP contribution is -2.41. The van der Waals surface area contributed by atoms with E-state index in [9.17, 15) is 4.79 Å². The predicted octanol–water partition coefficient (Wildman–Crippen LogP) is 1.74. The van der Waals surface area contributed by atoms with Gasteiger partial charge in [-0.25, -0.2) is 0 Å². The molecule has 4 nitrogen and oxygen atoms in total. The van der Waals surface area contributed by atoms with Gasteiger partial charge in [-0.15, -0.1) is 0 Å². The Morgan fingerprint density at radius 1 is 1.32 bits per heavy atom. The fourth-order valence-corrected chi connectivity index (χ4v) is 1.90. The summed E-state index contributed by atoms with van der Waals surface area (Å²) in [5.41, 5.74) is 7.90. The number of hydrogen-bond acceptors (Lipinski definition) is 3. The summed E-state index contributed by atoms with van der Waals surface area (Å²) in [6.07, 6.45) is -0.556. The minimum atomic E-state index is -0.556. The van der Waals surface area contributed by atoms with E-state index in [-0.39, 0.29) is 12.5 Å². The highest BCUT2D eigenvalue weighted by atomic mass is 16.5. The summed E-state index contributed by atoms with van der Waals surface area (Å²) in [4.78, 5) is 13.7. The van der Waals surface area contributed by atoms with Crippen molar-refractivity contribution < 1.29 is 9.53 Å². The van der Waals surface area contributed by atoms with E-state index >= 15 is 0 Å². The van der Waals surface area contributed by atoms with Crippen molar-refractivity contribution in [1.82, 2.24) is 4.90 Å². The summed E-state index contributed by atoms with van der Waals surface area (Å²) in [5, 5.41) is 0. The second-order valence-corrected chi connectivity index (χ2v) is 5.05. The molecule has 0 aromatic heterocycles. The fourth-order valence-electron chi connectivity index (χ4n) is 1.90. The molecule has 1 aromatic carbocycles. The monoisotopic (exact) mass is 264 g/mol. The second kappa shape index (κ2) is 7.26. The lowest BCUT2D eigenvalue weighted by atomic mass is 10.0. The third kappa shape index (κ3) is 4.33. The third-order valence-electron chi connectivity index (χ3n) is 3.22. The molecular formula is C15H24N2O2. The van der Waals surface area contributed by atoms with Crippen LogP contribution in [0.4, 0.5) is 0 Å². The van der Waals surface area contributed by atoms with Crippen LogP contribution in [0.2, 0.25) is 0 Å². The number of methoxy groups -OCH3 is 1. The molecule has 1 rings (SSSR count). The van der Waals surface area contributed by atoms with Gasteiger partial charge in [0, 0.05) is 27.2 Å². The highest BCUT2D eigenvalue weighted by Gasteiger charge is 2.20. The van der Waals surface area contributed by atoms with E-state index in [0.717, 1.165) is 5.56 Å². The minimum absolute atomic E-state index is 0.0852. The maximum absolute atomic E-state index is 12.0. The zero-order valence-corrected chi connectivity index (χ0v) is 12.2. The lowest BCUT2D eigenvalue weighted by Gasteiger charge is -2.22. The standard InChI is InChI=1S/C15H24N2O2/c1-11(2)13-7-5-12(6-8-13)10-17(3)15(18)14(9-16)19-4/h5-8,11,14H,9-10,16H2,1-4H3. The first kappa shape index (κ1) is 15.7. The molecule has 0 radical (unpaired) electrons. The average Bonchev–Trinajstić information content (AvgIpc) is 2.40. The second-order valence-electron chi connectivity index (χ2n) is 5.05. The summed E-state index contributed by atoms with van der Waals surface area (Å²) in [6, 6.07) is 8.33. The molecule has 1 atom stereocenters. The van der Waals surface area contributed by atoms with Crippen LogP contribution in [0.25, 0.3) is 0 Å². The maximum atomic E-state index is 12.0. The largest absolute Gasteiger partial charge is 0.370 e. The molecule has 4 heteroatoms. The quantitative estimate of drug-likeness (QED) is 0.851. The molecule has 0 fully saturated rings. The molecule has 0 bridgehead atoms. The van der Waals surface area contributed by atoms with Crippen molar-refractivity contribution in [3.8, 4) is 0 Å². The zero-order valence-electron chi connectivity index (χ0n) is 12.2. The van der Waals surface area contributed by atoms with Crippen molar-refractivity contribution in [2.24, 2.45) is 5.73 Å². The van der Waals surface area contributed by atoms with Crippen LogP contribution in [0, 0.1) is 0 Å². The molecule has 0 heterocycles. The molecular weight excluding hydrogens is 240 g/mol. The first-order chi connectivity index (χ1) is 8.99. The predicted molar refractivity (Wildman–Crippen MR) is 76.9 cm³/mol. The van der Waals surface area contributed by atoms with E-state index in [1.807, 2.05) is 0 Å². The molecule has 0 aliphatic carbocycles. The molecule has 1 aromatic rings. The summed E-state index contributed by atoms with van der Waals surface area (Å²) in [7, 11) is 3.26. The van der Waals surface area contributed by atoms with Crippen molar-refractivity contribution in [3.05, 3.63) is 35.4 Å². The van der Waals surface area contributed by atoms with Gasteiger partial charge in [-0.05, 0) is 17.0 Å². The van der Waals surface area contributed by atoms with Crippen molar-refractivity contribution >= 4 is 5.91 Å². The van der Waals surface area contributed by atoms with Crippen LogP contribution in [0.1, 0.15) is 30.9 Å². The molecule has 0 aliphatic rings. The van der Waals surface area contributed by atoms with Gasteiger partial charge in [-0.2, -0.15) is 0 Å². The van der Waals surface area contributed by atoms with Gasteiger partial charge in [0.05, 0.1) is 0 Å². The number of likely N-dealkylation sites (N-methyl/N-ethyl adjacent to an activating group) is 1. The Labute approximate surface area is 115 Å². The number of carbonyl (C=O) groups excluding carboxylic acids is 1. The number of amides is 1. The molecule has 106 valence electrons. The van der Waals surface area contributed by atoms with E-state index in [1.54, 1.807) is 11.9 Å². The Morgan fingerprint density at radius 3 is 2.32 bits per heavy atom. The van der Waals surface area contributed by atoms with Gasteiger partial charge in [-0.3, -0.25) is 4.79 Å². The van der Waals surface area contributed by atoms with Crippen LogP contribution in [0.5, 0.6) is 0 Å². The number of nitrogens with two attached hydrogens (primary N) is 1. The van der Waals surface area contributed by atoms with Crippen molar-refractivity contribution in [1.29, 1.82) is 0 Å². The number of hydrogen-bond donors (Lipinski definition) is 1. The first-order valence-electron chi connectivity index (χ1n) is 6.56. The molecule has 19 heavy (non-hydrogen) atoms. The number of benzene rings is 1. The number of carbonyl (C=O) groups is 1. The van der Waals surface area contributed by atoms with Crippen molar-refractivity contribution in [2.75, 3.05) is 20.7 Å². The van der Waals surface area contributed by atoms with Gasteiger partial charge < -0.3 is 15.4 Å². The topological polar surface area (TPSA) is 55.6 Å². The summed E-state index contributed by atoms with van der Waals surface area (Å²) in [5.74, 6) is 0.432. The van der Waals surface area contributed by atoms with Crippen molar-refractivity contribution in [2.45, 2.75) is 32.4 Å². The highest BCUT2D eigenvalue weighted by Crippen LogP contribution is 2.15. The van der Waals surface area contributed by atoms with Crippen LogP contribution in [-0.4, -0.2) is 37.6 Å². The van der Waals surface area contributed by atoms with Gasteiger partial charge in [0.15, 0.2) is 0 Å². The summed E-state index contributed by atoms with van der Waals surface area (Å²) < 4.78 is 5.05. The fraction of sp³-hybridized carbons (Fsp3) is 0.533. The molecule has 1 unspecified atom stereocenters. The van der Waals surface area contributed by atoms with E-state index in [1.165, 1.54) is 12.7 Å². The van der Waals surface area contributed by atoms with Gasteiger partial charge in [0.2, 0.25) is 0 Å². The molecule has 0 aliphatic heterocycles. The number of rotatable bonds is 6. The molecule has 1 amide bonds. The van der Waals surface area contributed by atoms with Crippen LogP contribution in [0.3, 0.4) is 0 Å². The summed E-state index contributed by atoms with van der Waals surface area (Å²) in [6.45, 7) is 5.09. The van der Waals surface area contributed by atoms with Crippen LogP contribution in [-0.2, 0) is 16.1 Å². The van der Waals surface area contributed by atoms with E-state index in [0.29, 0.717) is 12.5 Å². The van der Waals surface area contributed by atoms with Crippen LogP contribution >= 0.6 is 0 Å². The average molecular weight is 264 g/mol. The van der Waals surface area contributed by atoms with E-state index < -0.39 is 6.10 Å². The number of ether oxygens (including phenoxy) is 1. The molecule has 0 saturated heterocycles. The van der Waals surface area contributed by atoms with E-state index in [2.05, 4.69) is 38.1 Å². The minimum Gasteiger partial charge on any atom is -0.370 e. The van der Waals surface area contributed by atoms with E-state index in [4.69, 9.17) is 10.5 Å². The Hall–Kier alpha value is -1.39. The van der Waals surface area contributed by atoms with Crippen LogP contribution < -0.4 is 5.73 Å². The lowest BCUT2D eigenvalue weighted by molar-refractivity contribution is -0.140. The maximum Gasteiger partial charge on any atom is 0.253 e. The molecule has 0 saturated carbocycles. The Bertz CT molecular complexity index is 397. The van der Waals surface area contributed by atoms with Gasteiger partial charge in [0.1, 0.15) is 6.10 Å². The Morgan fingerprint density at radius 2 is 1.89 bits per heavy atom. The normalized spacial score (nSPS) is 12.5. The molecule has 2 N–H and O–H groups in total. The summed E-state index contributed by atoms with van der Waals surface area (Å²) >= 11 is 0. The number of nitrogens with zero attached hydrogens (tertiary/aromatic N) is 1. The van der Waals surface area contributed by atoms with Crippen molar-refractivity contribution in [3.63, 3.8) is 0 Å².